The summed E-state index contributed by atoms with van der Waals surface area (Å²) in [6.45, 7) is 0.573. The fourth-order valence-electron chi connectivity index (χ4n) is 2.09. The number of anilines is 1. The van der Waals surface area contributed by atoms with Gasteiger partial charge in [-0.15, -0.1) is 0 Å². The van der Waals surface area contributed by atoms with Crippen LogP contribution in [0.5, 0.6) is 5.75 Å². The molecule has 0 heterocycles. The second kappa shape index (κ2) is 10.1. The molecule has 0 aliphatic carbocycles. The molecule has 0 atom stereocenters. The summed E-state index contributed by atoms with van der Waals surface area (Å²) < 4.78 is 24.9. The lowest BCUT2D eigenvalue weighted by Crippen LogP contribution is -2.34. The number of non-ortho nitro benzene ring substituents is 1. The van der Waals surface area contributed by atoms with Crippen molar-refractivity contribution in [3.05, 3.63) is 62.4 Å². The number of nitro benzene ring substituents is 1. The molecule has 2 N–H and O–H groups in total. The van der Waals surface area contributed by atoms with E-state index in [-0.39, 0.29) is 28.7 Å². The van der Waals surface area contributed by atoms with Gasteiger partial charge in [0, 0.05) is 23.7 Å². The minimum absolute atomic E-state index is 0.189. The second-order valence-corrected chi connectivity index (χ2v) is 6.64. The highest BCUT2D eigenvalue weighted by Gasteiger charge is 2.17. The number of thiocarbonyl (C=S) groups is 1. The summed E-state index contributed by atoms with van der Waals surface area (Å²) in [6, 6.07) is 7.77. The zero-order chi connectivity index (χ0) is 20.7. The smallest absolute Gasteiger partial charge is 0.271 e. The lowest BCUT2D eigenvalue weighted by atomic mass is 10.2. The molecule has 0 spiro atoms. The Labute approximate surface area is 173 Å². The first-order chi connectivity index (χ1) is 13.3. The topological polar surface area (TPSA) is 103 Å². The van der Waals surface area contributed by atoms with E-state index in [0.29, 0.717) is 16.8 Å². The van der Waals surface area contributed by atoms with Crippen molar-refractivity contribution in [2.45, 2.75) is 0 Å². The van der Waals surface area contributed by atoms with Gasteiger partial charge in [0.25, 0.3) is 11.6 Å². The molecule has 8 nitrogen and oxygen atoms in total. The number of benzene rings is 2. The molecule has 0 aliphatic rings. The first kappa shape index (κ1) is 21.7. The van der Waals surface area contributed by atoms with Gasteiger partial charge in [0.05, 0.1) is 22.8 Å². The number of hydrogen-bond donors (Lipinski definition) is 2. The Balaban J connectivity index is 2.12. The number of hydrogen-bond acceptors (Lipinski definition) is 6. The molecule has 0 radical (unpaired) electrons. The van der Waals surface area contributed by atoms with Crippen LogP contribution in [0.4, 0.5) is 15.8 Å². The van der Waals surface area contributed by atoms with Gasteiger partial charge in [-0.25, -0.2) is 4.39 Å². The fraction of sp³-hybridized carbons (Fsp3) is 0.176. The van der Waals surface area contributed by atoms with Crippen molar-refractivity contribution in [1.29, 1.82) is 0 Å². The third-order valence-electron chi connectivity index (χ3n) is 3.37. The zero-order valence-electron chi connectivity index (χ0n) is 14.5. The number of nitrogens with one attached hydrogen (secondary N) is 2. The van der Waals surface area contributed by atoms with Crippen molar-refractivity contribution in [3.8, 4) is 5.75 Å². The molecule has 2 aromatic rings. The van der Waals surface area contributed by atoms with Crippen LogP contribution >= 0.6 is 28.1 Å². The second-order valence-electron chi connectivity index (χ2n) is 5.31. The van der Waals surface area contributed by atoms with E-state index in [1.54, 1.807) is 12.1 Å². The lowest BCUT2D eigenvalue weighted by molar-refractivity contribution is -0.384. The predicted molar refractivity (Wildman–Crippen MR) is 108 cm³/mol. The van der Waals surface area contributed by atoms with Gasteiger partial charge in [0.2, 0.25) is 0 Å². The minimum Gasteiger partial charge on any atom is -0.490 e. The number of nitrogens with zero attached hydrogens (tertiary/aromatic N) is 1. The minimum atomic E-state index is -0.756. The van der Waals surface area contributed by atoms with Crippen molar-refractivity contribution in [1.82, 2.24) is 5.32 Å². The summed E-state index contributed by atoms with van der Waals surface area (Å²) in [7, 11) is 1.52. The summed E-state index contributed by atoms with van der Waals surface area (Å²) in [5, 5.41) is 15.4. The number of methoxy groups -OCH3 is 1. The average Bonchev–Trinajstić information content (AvgIpc) is 2.64. The van der Waals surface area contributed by atoms with Crippen LogP contribution in [0.1, 0.15) is 10.4 Å². The highest BCUT2D eigenvalue weighted by molar-refractivity contribution is 9.10. The summed E-state index contributed by atoms with van der Waals surface area (Å²) in [5.74, 6) is -1.05. The molecule has 11 heteroatoms. The van der Waals surface area contributed by atoms with E-state index in [4.69, 9.17) is 21.7 Å². The van der Waals surface area contributed by atoms with Crippen molar-refractivity contribution < 1.29 is 23.6 Å². The summed E-state index contributed by atoms with van der Waals surface area (Å²) >= 11 is 8.29. The van der Waals surface area contributed by atoms with Crippen LogP contribution in [-0.2, 0) is 4.74 Å². The van der Waals surface area contributed by atoms with Crippen LogP contribution in [0.2, 0.25) is 0 Å². The van der Waals surface area contributed by atoms with E-state index in [2.05, 4.69) is 26.6 Å². The number of halogens is 2. The van der Waals surface area contributed by atoms with Gasteiger partial charge in [-0.05, 0) is 36.5 Å². The molecule has 0 unspecified atom stereocenters. The first-order valence-corrected chi connectivity index (χ1v) is 8.99. The molecule has 28 heavy (non-hydrogen) atoms. The Morgan fingerprint density at radius 3 is 2.71 bits per heavy atom. The van der Waals surface area contributed by atoms with Gasteiger partial charge in [0.1, 0.15) is 18.2 Å². The highest BCUT2D eigenvalue weighted by atomic mass is 79.9. The molecule has 0 fully saturated rings. The van der Waals surface area contributed by atoms with Gasteiger partial charge in [-0.2, -0.15) is 0 Å². The molecular weight excluding hydrogens is 457 g/mol. The Morgan fingerprint density at radius 1 is 1.29 bits per heavy atom. The molecule has 0 aromatic heterocycles. The van der Waals surface area contributed by atoms with Crippen LogP contribution in [0, 0.1) is 15.9 Å². The Morgan fingerprint density at radius 2 is 2.04 bits per heavy atom. The average molecular weight is 472 g/mol. The van der Waals surface area contributed by atoms with Crippen LogP contribution in [0.15, 0.2) is 40.9 Å². The molecule has 148 valence electrons. The fourth-order valence-corrected chi connectivity index (χ4v) is 2.65. The maximum absolute atomic E-state index is 13.8. The van der Waals surface area contributed by atoms with Gasteiger partial charge in [-0.1, -0.05) is 15.9 Å². The largest absolute Gasteiger partial charge is 0.490 e. The summed E-state index contributed by atoms with van der Waals surface area (Å²) in [4.78, 5) is 22.7. The third-order valence-corrected chi connectivity index (χ3v) is 4.06. The van der Waals surface area contributed by atoms with Crippen molar-refractivity contribution in [2.75, 3.05) is 25.6 Å². The normalized spacial score (nSPS) is 10.2. The number of amides is 1. The molecule has 2 aromatic carbocycles. The van der Waals surface area contributed by atoms with Crippen molar-refractivity contribution in [3.63, 3.8) is 0 Å². The van der Waals surface area contributed by atoms with Crippen LogP contribution < -0.4 is 15.4 Å². The molecule has 0 bridgehead atoms. The third kappa shape index (κ3) is 5.94. The maximum atomic E-state index is 13.8. The van der Waals surface area contributed by atoms with Crippen molar-refractivity contribution >= 4 is 50.5 Å². The SMILES string of the molecule is COCCOc1ccc(Br)cc1C(=O)NC(=S)Nc1cc([N+](=O)[O-])ccc1F. The molecule has 0 saturated heterocycles. The first-order valence-electron chi connectivity index (χ1n) is 7.79. The molecule has 1 amide bonds. The van der Waals surface area contributed by atoms with E-state index in [0.717, 1.165) is 18.2 Å². The van der Waals surface area contributed by atoms with Gasteiger partial charge in [0.15, 0.2) is 5.11 Å². The van der Waals surface area contributed by atoms with Gasteiger partial charge >= 0.3 is 0 Å². The number of rotatable bonds is 7. The predicted octanol–water partition coefficient (Wildman–Crippen LogP) is 3.65. The number of nitro groups is 1. The van der Waals surface area contributed by atoms with Gasteiger partial charge in [-0.3, -0.25) is 20.2 Å². The maximum Gasteiger partial charge on any atom is 0.271 e. The molecule has 0 aliphatic heterocycles. The van der Waals surface area contributed by atoms with E-state index in [1.165, 1.54) is 13.2 Å². The highest BCUT2D eigenvalue weighted by Crippen LogP contribution is 2.24. The van der Waals surface area contributed by atoms with Crippen molar-refractivity contribution in [2.24, 2.45) is 0 Å². The molecule has 2 rings (SSSR count). The van der Waals surface area contributed by atoms with Crippen LogP contribution in [-0.4, -0.2) is 36.3 Å². The molecule has 0 saturated carbocycles. The van der Waals surface area contributed by atoms with Crippen LogP contribution in [0.25, 0.3) is 0 Å². The quantitative estimate of drug-likeness (QED) is 0.275. The van der Waals surface area contributed by atoms with Gasteiger partial charge < -0.3 is 14.8 Å². The van der Waals surface area contributed by atoms with E-state index in [9.17, 15) is 19.3 Å². The standard InChI is InChI=1S/C17H15BrFN3O5S/c1-26-6-7-27-15-5-2-10(18)8-12(15)16(23)21-17(28)20-14-9-11(22(24)25)3-4-13(14)19/h2-5,8-9H,6-7H2,1H3,(H2,20,21,23,28). The zero-order valence-corrected chi connectivity index (χ0v) is 16.9. The summed E-state index contributed by atoms with van der Waals surface area (Å²) in [5.41, 5.74) is -0.363. The Kier molecular flexibility index (Phi) is 7.79. The monoisotopic (exact) mass is 471 g/mol. The summed E-state index contributed by atoms with van der Waals surface area (Å²) in [6.07, 6.45) is 0. The van der Waals surface area contributed by atoms with Crippen LogP contribution in [0.3, 0.4) is 0 Å². The van der Waals surface area contributed by atoms with E-state index >= 15 is 0 Å². The number of carbonyl (C=O) groups is 1. The Hall–Kier alpha value is -2.63. The lowest BCUT2D eigenvalue weighted by Gasteiger charge is -2.13. The van der Waals surface area contributed by atoms with E-state index in [1.807, 2.05) is 0 Å². The Bertz CT molecular complexity index is 912. The molecular formula is C17H15BrFN3O5S. The number of carbonyl (C=O) groups excluding carboxylic acids is 1. The number of ether oxygens (including phenoxy) is 2. The van der Waals surface area contributed by atoms with E-state index < -0.39 is 16.6 Å².